The lowest BCUT2D eigenvalue weighted by atomic mass is 9.75. The number of benzene rings is 3. The van der Waals surface area contributed by atoms with Gasteiger partial charge < -0.3 is 4.98 Å². The molecule has 0 amide bonds. The van der Waals surface area contributed by atoms with Crippen LogP contribution in [0, 0.1) is 22.9 Å². The first-order valence-electron chi connectivity index (χ1n) is 14.6. The Morgan fingerprint density at radius 3 is 2.49 bits per heavy atom. The Bertz CT molecular complexity index is 2050. The molecule has 0 radical (unpaired) electrons. The van der Waals surface area contributed by atoms with E-state index in [0.717, 1.165) is 22.7 Å². The van der Waals surface area contributed by atoms with Crippen molar-refractivity contribution in [2.24, 2.45) is 12.5 Å². The minimum absolute atomic E-state index is 0.0655. The van der Waals surface area contributed by atoms with Gasteiger partial charge in [-0.3, -0.25) is 0 Å². The molecular formula is C34H33F3N4O2S2. The number of nitrogens with zero attached hydrogens (tertiary/aromatic N) is 3. The minimum Gasteiger partial charge on any atom is -0.359 e. The zero-order valence-electron chi connectivity index (χ0n) is 25.4. The molecule has 0 saturated carbocycles. The van der Waals surface area contributed by atoms with Gasteiger partial charge in [0.05, 0.1) is 27.1 Å². The number of aromatic nitrogens is 4. The van der Waals surface area contributed by atoms with Crippen molar-refractivity contribution in [1.82, 2.24) is 19.7 Å². The number of hydrogen-bond donors (Lipinski definition) is 1. The maximum absolute atomic E-state index is 15.7. The summed E-state index contributed by atoms with van der Waals surface area (Å²) in [5.74, 6) is -2.08. The normalized spacial score (nSPS) is 20.7. The van der Waals surface area contributed by atoms with Gasteiger partial charge in [0.15, 0.2) is 33.1 Å². The highest BCUT2D eigenvalue weighted by atomic mass is 32.2. The molecule has 11 heteroatoms. The molecule has 3 heterocycles. The van der Waals surface area contributed by atoms with Gasteiger partial charge in [-0.25, -0.2) is 31.3 Å². The van der Waals surface area contributed by atoms with Gasteiger partial charge in [0, 0.05) is 34.5 Å². The standard InChI is InChI=1S/C34H33F3N4O2S2/c1-33(2)15-8-16-34(3,21-9-6-5-7-10-21)32-39-31(41(4)40-32)25-19-22(11-12-26(25)35)44-30-24(14-18-45(42,43)20-33)23-13-17-38-29(23)27(36)28(30)37/h5-7,9-14,17-19,38H,8,15-16,20H2,1-4H3/b18-14+/t34-/m1/s1. The SMILES string of the molecule is Cn1nc2nc1-c1cc(ccc1F)Sc1c(F)c(F)c3[nH]ccc3c1/C=C/S(=O)(=O)CC(C)(C)CCC[C@]2(C)c1ccccc1. The third-order valence-corrected chi connectivity index (χ3v) is 11.4. The van der Waals surface area contributed by atoms with E-state index in [4.69, 9.17) is 10.1 Å². The fourth-order valence-electron chi connectivity index (χ4n) is 6.15. The van der Waals surface area contributed by atoms with Crippen molar-refractivity contribution in [2.75, 3.05) is 5.75 Å². The van der Waals surface area contributed by atoms with E-state index in [0.29, 0.717) is 41.2 Å². The van der Waals surface area contributed by atoms with Gasteiger partial charge in [-0.1, -0.05) is 62.4 Å². The van der Waals surface area contributed by atoms with Crippen LogP contribution in [0.3, 0.4) is 0 Å². The van der Waals surface area contributed by atoms with Gasteiger partial charge >= 0.3 is 0 Å². The first-order chi connectivity index (χ1) is 21.3. The summed E-state index contributed by atoms with van der Waals surface area (Å²) >= 11 is 0.886. The van der Waals surface area contributed by atoms with Gasteiger partial charge in [0.1, 0.15) is 5.82 Å². The summed E-state index contributed by atoms with van der Waals surface area (Å²) in [6.45, 7) is 5.86. The molecule has 6 rings (SSSR count). The zero-order chi connectivity index (χ0) is 32.1. The molecule has 3 aromatic carbocycles. The number of fused-ring (bicyclic) bond motifs is 8. The lowest BCUT2D eigenvalue weighted by molar-refractivity contribution is 0.338. The summed E-state index contributed by atoms with van der Waals surface area (Å²) in [7, 11) is -2.06. The third-order valence-electron chi connectivity index (χ3n) is 8.52. The number of H-pyrrole nitrogens is 1. The summed E-state index contributed by atoms with van der Waals surface area (Å²) in [4.78, 5) is 7.87. The lowest BCUT2D eigenvalue weighted by Crippen LogP contribution is -2.28. The van der Waals surface area contributed by atoms with Gasteiger partial charge in [-0.15, -0.1) is 0 Å². The molecule has 5 aromatic rings. The molecule has 0 saturated heterocycles. The summed E-state index contributed by atoms with van der Waals surface area (Å²) in [5, 5.41) is 6.17. The highest BCUT2D eigenvalue weighted by Gasteiger charge is 2.35. The molecule has 0 unspecified atom stereocenters. The molecule has 1 aliphatic heterocycles. The quantitative estimate of drug-likeness (QED) is 0.197. The first kappa shape index (κ1) is 31.2. The van der Waals surface area contributed by atoms with Crippen LogP contribution in [0.2, 0.25) is 0 Å². The van der Waals surface area contributed by atoms with Crippen LogP contribution < -0.4 is 0 Å². The average Bonchev–Trinajstić information content (AvgIpc) is 3.63. The Labute approximate surface area is 264 Å². The van der Waals surface area contributed by atoms with Crippen molar-refractivity contribution in [1.29, 1.82) is 0 Å². The molecule has 2 aromatic heterocycles. The Morgan fingerprint density at radius 2 is 1.73 bits per heavy atom. The van der Waals surface area contributed by atoms with Crippen molar-refractivity contribution in [3.63, 3.8) is 0 Å². The number of sulfone groups is 1. The Morgan fingerprint density at radius 1 is 0.978 bits per heavy atom. The second-order valence-corrected chi connectivity index (χ2v) is 15.6. The molecule has 0 spiro atoms. The number of nitrogens with one attached hydrogen (secondary N) is 1. The van der Waals surface area contributed by atoms with Crippen LogP contribution in [-0.2, 0) is 22.3 Å². The smallest absolute Gasteiger partial charge is 0.184 e. The van der Waals surface area contributed by atoms with Crippen LogP contribution in [0.5, 0.6) is 0 Å². The predicted molar refractivity (Wildman–Crippen MR) is 172 cm³/mol. The van der Waals surface area contributed by atoms with Crippen molar-refractivity contribution >= 4 is 38.6 Å². The first-order valence-corrected chi connectivity index (χ1v) is 17.1. The second kappa shape index (κ2) is 11.5. The molecule has 1 aliphatic rings. The average molecular weight is 651 g/mol. The van der Waals surface area contributed by atoms with Gasteiger partial charge in [0.25, 0.3) is 0 Å². The number of rotatable bonds is 1. The summed E-state index contributed by atoms with van der Waals surface area (Å²) < 4.78 is 74.7. The summed E-state index contributed by atoms with van der Waals surface area (Å²) in [5.41, 5.74) is 0.0429. The van der Waals surface area contributed by atoms with Crippen LogP contribution >= 0.6 is 11.8 Å². The van der Waals surface area contributed by atoms with Gasteiger partial charge in [-0.05, 0) is 61.1 Å². The van der Waals surface area contributed by atoms with E-state index >= 15 is 13.2 Å². The summed E-state index contributed by atoms with van der Waals surface area (Å²) in [6, 6.07) is 15.7. The molecule has 6 nitrogen and oxygen atoms in total. The van der Waals surface area contributed by atoms with E-state index in [-0.39, 0.29) is 27.3 Å². The number of aryl methyl sites for hydroxylation is 1. The molecular weight excluding hydrogens is 618 g/mol. The van der Waals surface area contributed by atoms with E-state index in [1.54, 1.807) is 13.1 Å². The monoisotopic (exact) mass is 650 g/mol. The van der Waals surface area contributed by atoms with Gasteiger partial charge in [-0.2, -0.15) is 5.10 Å². The number of halogens is 3. The molecule has 1 atom stereocenters. The van der Waals surface area contributed by atoms with Crippen molar-refractivity contribution < 1.29 is 21.6 Å². The molecule has 0 aliphatic carbocycles. The predicted octanol–water partition coefficient (Wildman–Crippen LogP) is 8.43. The van der Waals surface area contributed by atoms with E-state index in [1.165, 1.54) is 35.2 Å². The van der Waals surface area contributed by atoms with E-state index in [2.05, 4.69) is 4.98 Å². The van der Waals surface area contributed by atoms with E-state index in [9.17, 15) is 8.42 Å². The van der Waals surface area contributed by atoms with Crippen LogP contribution in [0.15, 0.2) is 76.0 Å². The summed E-state index contributed by atoms with van der Waals surface area (Å²) in [6.07, 6.45) is 4.69. The van der Waals surface area contributed by atoms with Crippen molar-refractivity contribution in [3.8, 4) is 11.4 Å². The highest BCUT2D eigenvalue weighted by molar-refractivity contribution is 7.99. The molecule has 0 fully saturated rings. The Balaban J connectivity index is 1.57. The minimum atomic E-state index is -3.76. The van der Waals surface area contributed by atoms with Crippen LogP contribution in [0.4, 0.5) is 13.2 Å². The fourth-order valence-corrected chi connectivity index (χ4v) is 8.84. The molecule has 45 heavy (non-hydrogen) atoms. The topological polar surface area (TPSA) is 80.6 Å². The van der Waals surface area contributed by atoms with Crippen LogP contribution in [0.1, 0.15) is 57.0 Å². The molecule has 4 bridgehead atoms. The number of hydrogen-bond acceptors (Lipinski definition) is 5. The van der Waals surface area contributed by atoms with E-state index < -0.39 is 38.1 Å². The zero-order valence-corrected chi connectivity index (χ0v) is 27.0. The fraction of sp³-hybridized carbons (Fsp3) is 0.294. The maximum atomic E-state index is 15.7. The highest BCUT2D eigenvalue weighted by Crippen LogP contribution is 2.42. The molecule has 234 valence electrons. The largest absolute Gasteiger partial charge is 0.359 e. The number of aromatic amines is 1. The van der Waals surface area contributed by atoms with Gasteiger partial charge in [0.2, 0.25) is 0 Å². The van der Waals surface area contributed by atoms with Crippen molar-refractivity contribution in [3.05, 3.63) is 101 Å². The van der Waals surface area contributed by atoms with E-state index in [1.807, 2.05) is 51.1 Å². The van der Waals surface area contributed by atoms with Crippen LogP contribution in [-0.4, -0.2) is 33.9 Å². The Hall–Kier alpha value is -3.83. The maximum Gasteiger partial charge on any atom is 0.184 e. The molecule has 1 N–H and O–H groups in total. The second-order valence-electron chi connectivity index (χ2n) is 12.6. The van der Waals surface area contributed by atoms with Crippen LogP contribution in [0.25, 0.3) is 28.4 Å². The lowest BCUT2D eigenvalue weighted by Gasteiger charge is -2.30. The Kier molecular flexibility index (Phi) is 7.97. The van der Waals surface area contributed by atoms with Crippen molar-refractivity contribution in [2.45, 2.75) is 55.2 Å². The third kappa shape index (κ3) is 5.95.